The van der Waals surface area contributed by atoms with E-state index in [4.69, 9.17) is 12.2 Å². The monoisotopic (exact) mass is 360 g/mol. The molecule has 1 aromatic rings. The number of benzene rings is 1. The molecule has 1 aromatic carbocycles. The van der Waals surface area contributed by atoms with Crippen molar-refractivity contribution in [3.05, 3.63) is 34.7 Å². The number of hydrogen-bond acceptors (Lipinski definition) is 4. The predicted octanol–water partition coefficient (Wildman–Crippen LogP) is 4.53. The first-order chi connectivity index (χ1) is 11.5. The van der Waals surface area contributed by atoms with E-state index < -0.39 is 0 Å². The van der Waals surface area contributed by atoms with Crippen LogP contribution in [0.2, 0.25) is 0 Å². The van der Waals surface area contributed by atoms with Crippen LogP contribution in [0.4, 0.5) is 5.69 Å². The quantitative estimate of drug-likeness (QED) is 0.568. The summed E-state index contributed by atoms with van der Waals surface area (Å²) in [6.07, 6.45) is 8.33. The van der Waals surface area contributed by atoms with Crippen LogP contribution >= 0.6 is 24.0 Å². The number of carbonyl (C=O) groups is 1. The van der Waals surface area contributed by atoms with Crippen LogP contribution in [0.5, 0.6) is 0 Å². The first kappa shape index (κ1) is 17.5. The van der Waals surface area contributed by atoms with Gasteiger partial charge in [0.25, 0.3) is 5.91 Å². The molecule has 0 unspecified atom stereocenters. The highest BCUT2D eigenvalue weighted by Gasteiger charge is 2.32. The van der Waals surface area contributed by atoms with Crippen molar-refractivity contribution in [3.8, 4) is 0 Å². The van der Waals surface area contributed by atoms with Crippen molar-refractivity contribution in [1.29, 1.82) is 0 Å². The molecule has 24 heavy (non-hydrogen) atoms. The van der Waals surface area contributed by atoms with Gasteiger partial charge in [-0.3, -0.25) is 9.69 Å². The van der Waals surface area contributed by atoms with Crippen LogP contribution in [0.25, 0.3) is 6.08 Å². The smallest absolute Gasteiger partial charge is 0.266 e. The Hall–Kier alpha value is -1.33. The van der Waals surface area contributed by atoms with Gasteiger partial charge >= 0.3 is 0 Å². The number of thioether (sulfide) groups is 1. The van der Waals surface area contributed by atoms with E-state index in [0.29, 0.717) is 4.32 Å². The Labute approximate surface area is 154 Å². The third-order valence-corrected chi connectivity index (χ3v) is 6.19. The van der Waals surface area contributed by atoms with Crippen molar-refractivity contribution in [2.24, 2.45) is 5.92 Å². The molecule has 3 rings (SSSR count). The molecule has 1 aliphatic heterocycles. The molecular formula is C19H24N2OS2. The molecule has 1 aliphatic carbocycles. The molecule has 3 nitrogen and oxygen atoms in total. The van der Waals surface area contributed by atoms with Crippen LogP contribution < -0.4 is 4.90 Å². The molecule has 1 saturated heterocycles. The van der Waals surface area contributed by atoms with Crippen LogP contribution in [-0.4, -0.2) is 35.8 Å². The maximum Gasteiger partial charge on any atom is 0.266 e. The van der Waals surface area contributed by atoms with Crippen molar-refractivity contribution >= 4 is 46.0 Å². The molecule has 0 bridgehead atoms. The van der Waals surface area contributed by atoms with Gasteiger partial charge in [0, 0.05) is 26.3 Å². The zero-order valence-corrected chi connectivity index (χ0v) is 16.0. The fourth-order valence-corrected chi connectivity index (χ4v) is 4.63. The molecular weight excluding hydrogens is 336 g/mol. The predicted molar refractivity (Wildman–Crippen MR) is 107 cm³/mol. The molecule has 0 atom stereocenters. The van der Waals surface area contributed by atoms with Crippen LogP contribution in [0, 0.1) is 5.92 Å². The Morgan fingerprint density at radius 2 is 1.92 bits per heavy atom. The molecule has 0 radical (unpaired) electrons. The van der Waals surface area contributed by atoms with Crippen molar-refractivity contribution < 1.29 is 4.79 Å². The highest BCUT2D eigenvalue weighted by molar-refractivity contribution is 8.26. The summed E-state index contributed by atoms with van der Waals surface area (Å²) in [6.45, 7) is 0.770. The second-order valence-corrected chi connectivity index (χ2v) is 8.43. The number of amides is 1. The molecule has 0 N–H and O–H groups in total. The first-order valence-electron chi connectivity index (χ1n) is 8.57. The van der Waals surface area contributed by atoms with Crippen molar-refractivity contribution in [2.75, 3.05) is 25.5 Å². The number of hydrogen-bond donors (Lipinski definition) is 0. The summed E-state index contributed by atoms with van der Waals surface area (Å²) in [5.41, 5.74) is 2.19. The average molecular weight is 361 g/mol. The maximum absolute atomic E-state index is 12.6. The maximum atomic E-state index is 12.6. The third-order valence-electron chi connectivity index (χ3n) is 4.82. The van der Waals surface area contributed by atoms with Gasteiger partial charge in [-0.2, -0.15) is 0 Å². The van der Waals surface area contributed by atoms with Crippen LogP contribution in [0.15, 0.2) is 29.2 Å². The van der Waals surface area contributed by atoms with Gasteiger partial charge in [-0.05, 0) is 36.1 Å². The second-order valence-electron chi connectivity index (χ2n) is 6.76. The van der Waals surface area contributed by atoms with E-state index in [0.717, 1.165) is 35.0 Å². The lowest BCUT2D eigenvalue weighted by Crippen LogP contribution is -2.30. The number of nitrogens with zero attached hydrogens (tertiary/aromatic N) is 2. The minimum Gasteiger partial charge on any atom is -0.378 e. The molecule has 2 aliphatic rings. The highest BCUT2D eigenvalue weighted by atomic mass is 32.2. The Balaban J connectivity index is 1.65. The summed E-state index contributed by atoms with van der Waals surface area (Å²) < 4.78 is 0.703. The van der Waals surface area contributed by atoms with Gasteiger partial charge in [0.05, 0.1) is 4.91 Å². The second kappa shape index (κ2) is 7.70. The number of thiocarbonyl (C=S) groups is 1. The topological polar surface area (TPSA) is 23.6 Å². The minimum atomic E-state index is 0.0692. The minimum absolute atomic E-state index is 0.0692. The van der Waals surface area contributed by atoms with Gasteiger partial charge in [-0.15, -0.1) is 0 Å². The zero-order chi connectivity index (χ0) is 17.1. The summed E-state index contributed by atoms with van der Waals surface area (Å²) >= 11 is 6.85. The number of rotatable bonds is 5. The van der Waals surface area contributed by atoms with Gasteiger partial charge in [0.15, 0.2) is 0 Å². The average Bonchev–Trinajstić information content (AvgIpc) is 3.16. The van der Waals surface area contributed by atoms with Gasteiger partial charge < -0.3 is 4.90 Å². The molecule has 1 saturated carbocycles. The van der Waals surface area contributed by atoms with Crippen molar-refractivity contribution in [2.45, 2.75) is 32.1 Å². The molecule has 0 aromatic heterocycles. The van der Waals surface area contributed by atoms with E-state index in [2.05, 4.69) is 17.0 Å². The van der Waals surface area contributed by atoms with Crippen molar-refractivity contribution in [3.63, 3.8) is 0 Å². The van der Waals surface area contributed by atoms with E-state index in [1.807, 2.05) is 32.3 Å². The summed E-state index contributed by atoms with van der Waals surface area (Å²) in [4.78, 5) is 17.2. The van der Waals surface area contributed by atoms with Gasteiger partial charge in [0.1, 0.15) is 4.32 Å². The Morgan fingerprint density at radius 3 is 2.54 bits per heavy atom. The summed E-state index contributed by atoms with van der Waals surface area (Å²) in [5.74, 6) is 0.844. The van der Waals surface area contributed by atoms with E-state index in [-0.39, 0.29) is 5.91 Å². The largest absolute Gasteiger partial charge is 0.378 e. The number of carbonyl (C=O) groups excluding carboxylic acids is 1. The summed E-state index contributed by atoms with van der Waals surface area (Å²) in [5, 5.41) is 0. The standard InChI is InChI=1S/C19H24N2OS2/c1-20(2)16-9-7-15(8-10-16)13-17-18(22)21(19(23)24-17)12-11-14-5-3-4-6-14/h7-10,13-14H,3-6,11-12H2,1-2H3/b17-13-. The zero-order valence-electron chi connectivity index (χ0n) is 14.3. The normalized spacial score (nSPS) is 20.4. The lowest BCUT2D eigenvalue weighted by atomic mass is 10.0. The highest BCUT2D eigenvalue weighted by Crippen LogP contribution is 2.34. The van der Waals surface area contributed by atoms with E-state index >= 15 is 0 Å². The van der Waals surface area contributed by atoms with E-state index in [1.165, 1.54) is 37.4 Å². The third kappa shape index (κ3) is 4.01. The molecule has 2 fully saturated rings. The summed E-state index contributed by atoms with van der Waals surface area (Å²) in [6, 6.07) is 8.21. The van der Waals surface area contributed by atoms with Crippen LogP contribution in [-0.2, 0) is 4.79 Å². The Bertz CT molecular complexity index is 646. The first-order valence-corrected chi connectivity index (χ1v) is 9.80. The van der Waals surface area contributed by atoms with Crippen molar-refractivity contribution in [1.82, 2.24) is 4.90 Å². The molecule has 1 amide bonds. The van der Waals surface area contributed by atoms with Crippen LogP contribution in [0.3, 0.4) is 0 Å². The Kier molecular flexibility index (Phi) is 5.61. The molecule has 0 spiro atoms. The van der Waals surface area contributed by atoms with Gasteiger partial charge in [-0.1, -0.05) is 61.8 Å². The molecule has 1 heterocycles. The molecule has 5 heteroatoms. The fourth-order valence-electron chi connectivity index (χ4n) is 3.32. The Morgan fingerprint density at radius 1 is 1.25 bits per heavy atom. The fraction of sp³-hybridized carbons (Fsp3) is 0.474. The van der Waals surface area contributed by atoms with Gasteiger partial charge in [0.2, 0.25) is 0 Å². The van der Waals surface area contributed by atoms with E-state index in [9.17, 15) is 4.79 Å². The SMILES string of the molecule is CN(C)c1ccc(/C=C2\SC(=S)N(CCC3CCCC3)C2=O)cc1. The van der Waals surface area contributed by atoms with E-state index in [1.54, 1.807) is 4.90 Å². The number of anilines is 1. The molecule has 128 valence electrons. The lowest BCUT2D eigenvalue weighted by Gasteiger charge is -2.17. The van der Waals surface area contributed by atoms with Crippen LogP contribution in [0.1, 0.15) is 37.7 Å². The van der Waals surface area contributed by atoms with Gasteiger partial charge in [-0.25, -0.2) is 0 Å². The summed E-state index contributed by atoms with van der Waals surface area (Å²) in [7, 11) is 4.04. The lowest BCUT2D eigenvalue weighted by molar-refractivity contribution is -0.122.